The molecule has 3 rings (SSSR count). The van der Waals surface area contributed by atoms with E-state index >= 15 is 0 Å². The number of fused-ring (bicyclic) bond motifs is 1. The van der Waals surface area contributed by atoms with Crippen LogP contribution in [-0.4, -0.2) is 4.98 Å². The molecule has 0 aliphatic rings. The molecule has 0 aliphatic heterocycles. The van der Waals surface area contributed by atoms with Crippen molar-refractivity contribution >= 4 is 11.1 Å². The highest BCUT2D eigenvalue weighted by molar-refractivity contribution is 5.73. The molecule has 0 spiro atoms. The molecule has 2 aromatic carbocycles. The highest BCUT2D eigenvalue weighted by Crippen LogP contribution is 2.21. The SMILES string of the molecule is Cc1ccc2nc(Cc3c(F)cccc3F)oc2c1. The quantitative estimate of drug-likeness (QED) is 0.695. The maximum Gasteiger partial charge on any atom is 0.200 e. The molecular weight excluding hydrogens is 248 g/mol. The summed E-state index contributed by atoms with van der Waals surface area (Å²) in [5.41, 5.74) is 2.35. The minimum atomic E-state index is -0.585. The zero-order valence-electron chi connectivity index (χ0n) is 10.3. The second kappa shape index (κ2) is 4.46. The number of benzene rings is 2. The Morgan fingerprint density at radius 1 is 1.11 bits per heavy atom. The van der Waals surface area contributed by atoms with Crippen LogP contribution in [0.2, 0.25) is 0 Å². The lowest BCUT2D eigenvalue weighted by Crippen LogP contribution is -1.96. The van der Waals surface area contributed by atoms with E-state index in [1.54, 1.807) is 0 Å². The summed E-state index contributed by atoms with van der Waals surface area (Å²) in [6.45, 7) is 1.94. The van der Waals surface area contributed by atoms with Gasteiger partial charge in [-0.1, -0.05) is 12.1 Å². The highest BCUT2D eigenvalue weighted by Gasteiger charge is 2.13. The molecule has 4 heteroatoms. The van der Waals surface area contributed by atoms with Crippen LogP contribution >= 0.6 is 0 Å². The molecule has 0 aliphatic carbocycles. The highest BCUT2D eigenvalue weighted by atomic mass is 19.1. The first-order chi connectivity index (χ1) is 9.13. The second-order valence-corrected chi connectivity index (χ2v) is 4.46. The van der Waals surface area contributed by atoms with Crippen molar-refractivity contribution in [3.63, 3.8) is 0 Å². The van der Waals surface area contributed by atoms with E-state index in [1.807, 2.05) is 25.1 Å². The molecule has 0 bridgehead atoms. The molecule has 0 fully saturated rings. The Bertz CT molecular complexity index is 729. The average Bonchev–Trinajstić information content (AvgIpc) is 2.75. The number of hydrogen-bond donors (Lipinski definition) is 0. The number of aryl methyl sites for hydroxylation is 1. The lowest BCUT2D eigenvalue weighted by molar-refractivity contribution is 0.515. The van der Waals surface area contributed by atoms with Gasteiger partial charge < -0.3 is 4.42 Å². The van der Waals surface area contributed by atoms with Gasteiger partial charge in [-0.25, -0.2) is 13.8 Å². The summed E-state index contributed by atoms with van der Waals surface area (Å²) in [6, 6.07) is 9.39. The molecule has 96 valence electrons. The predicted molar refractivity (Wildman–Crippen MR) is 67.9 cm³/mol. The minimum Gasteiger partial charge on any atom is -0.440 e. The van der Waals surface area contributed by atoms with Crippen molar-refractivity contribution in [2.24, 2.45) is 0 Å². The van der Waals surface area contributed by atoms with Crippen LogP contribution in [0.15, 0.2) is 40.8 Å². The summed E-state index contributed by atoms with van der Waals surface area (Å²) < 4.78 is 32.6. The van der Waals surface area contributed by atoms with E-state index in [-0.39, 0.29) is 12.0 Å². The fourth-order valence-electron chi connectivity index (χ4n) is 2.01. The van der Waals surface area contributed by atoms with Gasteiger partial charge in [-0.05, 0) is 36.8 Å². The van der Waals surface area contributed by atoms with Crippen molar-refractivity contribution in [3.8, 4) is 0 Å². The monoisotopic (exact) mass is 259 g/mol. The van der Waals surface area contributed by atoms with E-state index in [2.05, 4.69) is 4.98 Å². The van der Waals surface area contributed by atoms with Crippen molar-refractivity contribution < 1.29 is 13.2 Å². The molecular formula is C15H11F2NO. The van der Waals surface area contributed by atoms with Crippen molar-refractivity contribution in [3.05, 3.63) is 65.1 Å². The van der Waals surface area contributed by atoms with E-state index in [0.717, 1.165) is 5.56 Å². The largest absolute Gasteiger partial charge is 0.440 e. The number of hydrogen-bond acceptors (Lipinski definition) is 2. The van der Waals surface area contributed by atoms with Gasteiger partial charge in [0.05, 0.1) is 6.42 Å². The number of oxazole rings is 1. The van der Waals surface area contributed by atoms with Crippen molar-refractivity contribution in [1.82, 2.24) is 4.98 Å². The van der Waals surface area contributed by atoms with Crippen LogP contribution in [0.1, 0.15) is 17.0 Å². The summed E-state index contributed by atoms with van der Waals surface area (Å²) in [6.07, 6.45) is 0.00618. The van der Waals surface area contributed by atoms with Gasteiger partial charge in [0, 0.05) is 5.56 Å². The van der Waals surface area contributed by atoms with Gasteiger partial charge in [-0.3, -0.25) is 0 Å². The summed E-state index contributed by atoms with van der Waals surface area (Å²) in [4.78, 5) is 4.23. The Morgan fingerprint density at radius 3 is 2.58 bits per heavy atom. The molecule has 1 aromatic heterocycles. The summed E-state index contributed by atoms with van der Waals surface area (Å²) in [5.74, 6) is -0.860. The number of rotatable bonds is 2. The molecule has 0 saturated heterocycles. The Hall–Kier alpha value is -2.23. The first kappa shape index (κ1) is 11.8. The molecule has 19 heavy (non-hydrogen) atoms. The van der Waals surface area contributed by atoms with Crippen LogP contribution in [0.25, 0.3) is 11.1 Å². The van der Waals surface area contributed by atoms with Crippen molar-refractivity contribution in [2.75, 3.05) is 0 Å². The molecule has 3 aromatic rings. The van der Waals surface area contributed by atoms with Crippen LogP contribution in [-0.2, 0) is 6.42 Å². The zero-order valence-corrected chi connectivity index (χ0v) is 10.3. The van der Waals surface area contributed by atoms with Crippen LogP contribution in [0.5, 0.6) is 0 Å². The maximum absolute atomic E-state index is 13.5. The second-order valence-electron chi connectivity index (χ2n) is 4.46. The normalized spacial score (nSPS) is 11.1. The molecule has 2 nitrogen and oxygen atoms in total. The molecule has 0 saturated carbocycles. The fraction of sp³-hybridized carbons (Fsp3) is 0.133. The van der Waals surface area contributed by atoms with E-state index in [0.29, 0.717) is 17.0 Å². The Labute approximate surface area is 108 Å². The van der Waals surface area contributed by atoms with E-state index < -0.39 is 11.6 Å². The number of halogens is 2. The average molecular weight is 259 g/mol. The lowest BCUT2D eigenvalue weighted by Gasteiger charge is -2.01. The smallest absolute Gasteiger partial charge is 0.200 e. The third-order valence-electron chi connectivity index (χ3n) is 2.98. The Kier molecular flexibility index (Phi) is 2.78. The topological polar surface area (TPSA) is 26.0 Å². The number of nitrogens with zero attached hydrogens (tertiary/aromatic N) is 1. The van der Waals surface area contributed by atoms with E-state index in [4.69, 9.17) is 4.42 Å². The summed E-state index contributed by atoms with van der Waals surface area (Å²) in [7, 11) is 0. The molecule has 1 heterocycles. The predicted octanol–water partition coefficient (Wildman–Crippen LogP) is 4.01. The van der Waals surface area contributed by atoms with Crippen LogP contribution in [0, 0.1) is 18.6 Å². The summed E-state index contributed by atoms with van der Waals surface area (Å²) in [5, 5.41) is 0. The number of aromatic nitrogens is 1. The molecule has 0 atom stereocenters. The van der Waals surface area contributed by atoms with Crippen LogP contribution in [0.3, 0.4) is 0 Å². The van der Waals surface area contributed by atoms with Gasteiger partial charge in [0.25, 0.3) is 0 Å². The summed E-state index contributed by atoms with van der Waals surface area (Å²) >= 11 is 0. The first-order valence-corrected chi connectivity index (χ1v) is 5.92. The van der Waals surface area contributed by atoms with E-state index in [1.165, 1.54) is 18.2 Å². The van der Waals surface area contributed by atoms with Gasteiger partial charge in [-0.2, -0.15) is 0 Å². The molecule has 0 N–H and O–H groups in total. The van der Waals surface area contributed by atoms with Crippen molar-refractivity contribution in [2.45, 2.75) is 13.3 Å². The van der Waals surface area contributed by atoms with Gasteiger partial charge in [0.15, 0.2) is 11.5 Å². The van der Waals surface area contributed by atoms with Crippen LogP contribution < -0.4 is 0 Å². The van der Waals surface area contributed by atoms with Crippen molar-refractivity contribution in [1.29, 1.82) is 0 Å². The van der Waals surface area contributed by atoms with Gasteiger partial charge in [0.2, 0.25) is 0 Å². The van der Waals surface area contributed by atoms with Gasteiger partial charge >= 0.3 is 0 Å². The van der Waals surface area contributed by atoms with Crippen LogP contribution in [0.4, 0.5) is 8.78 Å². The molecule has 0 radical (unpaired) electrons. The fourth-order valence-corrected chi connectivity index (χ4v) is 2.01. The maximum atomic E-state index is 13.5. The minimum absolute atomic E-state index is 0.00618. The Balaban J connectivity index is 2.01. The van der Waals surface area contributed by atoms with E-state index in [9.17, 15) is 8.78 Å². The Morgan fingerprint density at radius 2 is 1.84 bits per heavy atom. The third kappa shape index (κ3) is 2.21. The zero-order chi connectivity index (χ0) is 13.4. The van der Waals surface area contributed by atoms with Gasteiger partial charge in [-0.15, -0.1) is 0 Å². The molecule has 0 amide bonds. The third-order valence-corrected chi connectivity index (χ3v) is 2.98. The first-order valence-electron chi connectivity index (χ1n) is 5.92. The van der Waals surface area contributed by atoms with Gasteiger partial charge in [0.1, 0.15) is 17.2 Å². The standard InChI is InChI=1S/C15H11F2NO/c1-9-5-6-13-14(7-9)19-15(18-13)8-10-11(16)3-2-4-12(10)17/h2-7H,8H2,1H3. The lowest BCUT2D eigenvalue weighted by atomic mass is 10.1. The molecule has 0 unspecified atom stereocenters.